The molecule has 1 aromatic rings. The van der Waals surface area contributed by atoms with Crippen molar-refractivity contribution in [1.82, 2.24) is 14.7 Å². The van der Waals surface area contributed by atoms with Gasteiger partial charge in [0.05, 0.1) is 5.92 Å². The molecule has 0 aromatic heterocycles. The molecule has 2 saturated heterocycles. The van der Waals surface area contributed by atoms with Crippen molar-refractivity contribution in [3.63, 3.8) is 0 Å². The van der Waals surface area contributed by atoms with E-state index in [-0.39, 0.29) is 17.7 Å². The van der Waals surface area contributed by atoms with Crippen molar-refractivity contribution in [2.75, 3.05) is 52.4 Å². The molecule has 2 fully saturated rings. The fourth-order valence-electron chi connectivity index (χ4n) is 3.50. The van der Waals surface area contributed by atoms with Gasteiger partial charge in [-0.25, -0.2) is 0 Å². The number of nitrogens with zero attached hydrogens (tertiary/aromatic N) is 3. The average molecular weight is 345 g/mol. The Bertz CT molecular complexity index is 585. The van der Waals surface area contributed by atoms with E-state index < -0.39 is 0 Å². The molecule has 2 heterocycles. The summed E-state index contributed by atoms with van der Waals surface area (Å²) in [5.74, 6) is 0.991. The molecule has 3 rings (SSSR count). The second-order valence-electron chi connectivity index (χ2n) is 6.66. The lowest BCUT2D eigenvalue weighted by molar-refractivity contribution is -0.137. The van der Waals surface area contributed by atoms with E-state index >= 15 is 0 Å². The van der Waals surface area contributed by atoms with Gasteiger partial charge in [0.2, 0.25) is 11.8 Å². The minimum Gasteiger partial charge on any atom is -0.492 e. The molecule has 0 saturated carbocycles. The highest BCUT2D eigenvalue weighted by atomic mass is 16.5. The Morgan fingerprint density at radius 3 is 2.52 bits per heavy atom. The van der Waals surface area contributed by atoms with Crippen LogP contribution in [0.3, 0.4) is 0 Å². The van der Waals surface area contributed by atoms with Gasteiger partial charge >= 0.3 is 0 Å². The first kappa shape index (κ1) is 17.7. The third-order valence-corrected chi connectivity index (χ3v) is 5.05. The summed E-state index contributed by atoms with van der Waals surface area (Å²) < 4.78 is 5.74. The summed E-state index contributed by atoms with van der Waals surface area (Å²) in [5.41, 5.74) is 0. The largest absolute Gasteiger partial charge is 0.492 e. The molecule has 0 aliphatic carbocycles. The van der Waals surface area contributed by atoms with Crippen molar-refractivity contribution >= 4 is 11.8 Å². The van der Waals surface area contributed by atoms with Crippen LogP contribution >= 0.6 is 0 Å². The van der Waals surface area contributed by atoms with Crippen LogP contribution in [0.4, 0.5) is 0 Å². The summed E-state index contributed by atoms with van der Waals surface area (Å²) in [6, 6.07) is 9.82. The van der Waals surface area contributed by atoms with Crippen molar-refractivity contribution in [3.05, 3.63) is 30.3 Å². The Morgan fingerprint density at radius 2 is 1.88 bits per heavy atom. The Labute approximate surface area is 149 Å². The molecule has 2 amide bonds. The number of para-hydroxylation sites is 1. The number of carbonyl (C=O) groups is 2. The number of hydrogen-bond donors (Lipinski definition) is 0. The van der Waals surface area contributed by atoms with Crippen LogP contribution in [0.2, 0.25) is 0 Å². The Morgan fingerprint density at radius 1 is 1.16 bits per heavy atom. The number of rotatable bonds is 6. The fraction of sp³-hybridized carbons (Fsp3) is 0.579. The molecule has 0 radical (unpaired) electrons. The monoisotopic (exact) mass is 345 g/mol. The minimum absolute atomic E-state index is 0.109. The Kier molecular flexibility index (Phi) is 5.91. The van der Waals surface area contributed by atoms with Crippen LogP contribution in [0.5, 0.6) is 5.75 Å². The van der Waals surface area contributed by atoms with Gasteiger partial charge < -0.3 is 14.5 Å². The average Bonchev–Trinajstić information content (AvgIpc) is 3.03. The van der Waals surface area contributed by atoms with E-state index in [2.05, 4.69) is 4.90 Å². The summed E-state index contributed by atoms with van der Waals surface area (Å²) in [4.78, 5) is 30.5. The van der Waals surface area contributed by atoms with Crippen LogP contribution in [0, 0.1) is 5.92 Å². The van der Waals surface area contributed by atoms with Crippen molar-refractivity contribution in [2.24, 2.45) is 5.92 Å². The van der Waals surface area contributed by atoms with E-state index in [4.69, 9.17) is 4.74 Å². The van der Waals surface area contributed by atoms with Gasteiger partial charge in [-0.15, -0.1) is 0 Å². The molecule has 0 N–H and O–H groups in total. The number of likely N-dealkylation sites (tertiary alicyclic amines) is 1. The summed E-state index contributed by atoms with van der Waals surface area (Å²) >= 11 is 0. The maximum Gasteiger partial charge on any atom is 0.228 e. The number of ether oxygens (including phenoxy) is 1. The highest BCUT2D eigenvalue weighted by Gasteiger charge is 2.36. The smallest absolute Gasteiger partial charge is 0.228 e. The topological polar surface area (TPSA) is 53.1 Å². The molecule has 136 valence electrons. The minimum atomic E-state index is -0.152. The van der Waals surface area contributed by atoms with E-state index in [1.807, 2.05) is 42.2 Å². The van der Waals surface area contributed by atoms with Crippen molar-refractivity contribution < 1.29 is 14.3 Å². The maximum absolute atomic E-state index is 12.6. The second-order valence-corrected chi connectivity index (χ2v) is 6.66. The predicted molar refractivity (Wildman–Crippen MR) is 95.3 cm³/mol. The molecule has 1 aromatic carbocycles. The molecule has 2 aliphatic rings. The Balaban J connectivity index is 1.38. The number of amides is 2. The molecule has 1 atom stereocenters. The van der Waals surface area contributed by atoms with Crippen molar-refractivity contribution in [2.45, 2.75) is 13.3 Å². The number of piperazine rings is 1. The van der Waals surface area contributed by atoms with Crippen molar-refractivity contribution in [3.8, 4) is 5.75 Å². The first-order valence-electron chi connectivity index (χ1n) is 9.14. The van der Waals surface area contributed by atoms with Crippen LogP contribution < -0.4 is 4.74 Å². The van der Waals surface area contributed by atoms with E-state index in [9.17, 15) is 9.59 Å². The van der Waals surface area contributed by atoms with Gasteiger partial charge in [-0.1, -0.05) is 18.2 Å². The normalized spacial score (nSPS) is 21.6. The zero-order valence-corrected chi connectivity index (χ0v) is 14.9. The van der Waals surface area contributed by atoms with Gasteiger partial charge in [0.25, 0.3) is 0 Å². The molecule has 0 spiro atoms. The third-order valence-electron chi connectivity index (χ3n) is 5.05. The van der Waals surface area contributed by atoms with E-state index in [0.29, 0.717) is 26.1 Å². The second kappa shape index (κ2) is 8.34. The van der Waals surface area contributed by atoms with E-state index in [0.717, 1.165) is 38.5 Å². The highest BCUT2D eigenvalue weighted by molar-refractivity contribution is 5.89. The van der Waals surface area contributed by atoms with Crippen LogP contribution in [0.1, 0.15) is 13.3 Å². The van der Waals surface area contributed by atoms with E-state index in [1.165, 1.54) is 0 Å². The first-order valence-corrected chi connectivity index (χ1v) is 9.14. The summed E-state index contributed by atoms with van der Waals surface area (Å²) in [7, 11) is 0. The van der Waals surface area contributed by atoms with Gasteiger partial charge in [0, 0.05) is 52.2 Å². The number of benzene rings is 1. The highest BCUT2D eigenvalue weighted by Crippen LogP contribution is 2.20. The molecular weight excluding hydrogens is 318 g/mol. The van der Waals surface area contributed by atoms with Crippen LogP contribution in [-0.4, -0.2) is 78.9 Å². The van der Waals surface area contributed by atoms with Gasteiger partial charge in [-0.3, -0.25) is 14.5 Å². The quantitative estimate of drug-likeness (QED) is 0.774. The first-order chi connectivity index (χ1) is 12.2. The molecule has 2 aliphatic heterocycles. The van der Waals surface area contributed by atoms with Crippen molar-refractivity contribution in [1.29, 1.82) is 0 Å². The van der Waals surface area contributed by atoms with Gasteiger partial charge in [0.1, 0.15) is 12.4 Å². The molecular formula is C19H27N3O3. The summed E-state index contributed by atoms with van der Waals surface area (Å²) in [5, 5.41) is 0. The van der Waals surface area contributed by atoms with Gasteiger partial charge in [-0.05, 0) is 19.1 Å². The standard InChI is InChI=1S/C19H27N3O3/c1-2-21-15-16(14-18(21)23)19(24)22-10-8-20(9-11-22)12-13-25-17-6-4-3-5-7-17/h3-7,16H,2,8-15H2,1H3/t16-/m0/s1. The molecule has 6 nitrogen and oxygen atoms in total. The maximum atomic E-state index is 12.6. The summed E-state index contributed by atoms with van der Waals surface area (Å²) in [6.07, 6.45) is 0.373. The summed E-state index contributed by atoms with van der Waals surface area (Å²) in [6.45, 7) is 7.95. The van der Waals surface area contributed by atoms with Crippen LogP contribution in [-0.2, 0) is 9.59 Å². The van der Waals surface area contributed by atoms with Crippen LogP contribution in [0.15, 0.2) is 30.3 Å². The SMILES string of the molecule is CCN1C[C@@H](C(=O)N2CCN(CCOc3ccccc3)CC2)CC1=O. The van der Waals surface area contributed by atoms with E-state index in [1.54, 1.807) is 4.90 Å². The predicted octanol–water partition coefficient (Wildman–Crippen LogP) is 1.08. The van der Waals surface area contributed by atoms with Gasteiger partial charge in [0.15, 0.2) is 0 Å². The number of hydrogen-bond acceptors (Lipinski definition) is 4. The molecule has 0 unspecified atom stereocenters. The zero-order chi connectivity index (χ0) is 17.6. The molecule has 6 heteroatoms. The lowest BCUT2D eigenvalue weighted by Crippen LogP contribution is -2.51. The van der Waals surface area contributed by atoms with Gasteiger partial charge in [-0.2, -0.15) is 0 Å². The molecule has 25 heavy (non-hydrogen) atoms. The Hall–Kier alpha value is -2.08. The molecule has 0 bridgehead atoms. The lowest BCUT2D eigenvalue weighted by atomic mass is 10.1. The fourth-order valence-corrected chi connectivity index (χ4v) is 3.50. The number of carbonyl (C=O) groups excluding carboxylic acids is 2. The lowest BCUT2D eigenvalue weighted by Gasteiger charge is -2.35. The van der Waals surface area contributed by atoms with Crippen LogP contribution in [0.25, 0.3) is 0 Å². The third kappa shape index (κ3) is 4.51. The zero-order valence-electron chi connectivity index (χ0n) is 14.9.